The fourth-order valence-corrected chi connectivity index (χ4v) is 2.91. The molecular formula is C15H17Cl2NO4. The van der Waals surface area contributed by atoms with E-state index in [1.54, 1.807) is 36.9 Å². The summed E-state index contributed by atoms with van der Waals surface area (Å²) < 4.78 is 5.59. The normalized spacial score (nSPS) is 22.5. The van der Waals surface area contributed by atoms with Crippen molar-refractivity contribution < 1.29 is 19.4 Å². The molecule has 0 spiro atoms. The maximum Gasteiger partial charge on any atom is 0.308 e. The molecule has 0 aliphatic carbocycles. The summed E-state index contributed by atoms with van der Waals surface area (Å²) in [4.78, 5) is 25.1. The molecule has 7 heteroatoms. The Balaban J connectivity index is 2.03. The van der Waals surface area contributed by atoms with Crippen molar-refractivity contribution in [3.05, 3.63) is 28.2 Å². The maximum atomic E-state index is 12.4. The van der Waals surface area contributed by atoms with Gasteiger partial charge in [-0.25, -0.2) is 0 Å². The first-order valence-corrected chi connectivity index (χ1v) is 7.72. The van der Waals surface area contributed by atoms with Gasteiger partial charge < -0.3 is 14.7 Å². The van der Waals surface area contributed by atoms with Crippen molar-refractivity contribution in [3.63, 3.8) is 0 Å². The number of hydrogen-bond donors (Lipinski definition) is 1. The van der Waals surface area contributed by atoms with Crippen LogP contribution in [-0.2, 0) is 9.59 Å². The number of amides is 1. The molecule has 1 aromatic carbocycles. The molecule has 0 radical (unpaired) electrons. The Hall–Kier alpha value is -1.46. The quantitative estimate of drug-likeness (QED) is 0.910. The fourth-order valence-electron chi connectivity index (χ4n) is 2.62. The Kier molecular flexibility index (Phi) is 5.19. The molecule has 1 saturated heterocycles. The zero-order valence-corrected chi connectivity index (χ0v) is 13.8. The van der Waals surface area contributed by atoms with Gasteiger partial charge in [-0.2, -0.15) is 0 Å². The lowest BCUT2D eigenvalue weighted by atomic mass is 10.0. The molecule has 3 unspecified atom stereocenters. The van der Waals surface area contributed by atoms with E-state index in [2.05, 4.69) is 0 Å². The van der Waals surface area contributed by atoms with Gasteiger partial charge in [0, 0.05) is 18.7 Å². The summed E-state index contributed by atoms with van der Waals surface area (Å²) in [6, 6.07) is 4.42. The minimum atomic E-state index is -0.874. The largest absolute Gasteiger partial charge is 0.481 e. The number of aliphatic carboxylic acids is 1. The van der Waals surface area contributed by atoms with Crippen molar-refractivity contribution in [2.75, 3.05) is 6.54 Å². The lowest BCUT2D eigenvalue weighted by Crippen LogP contribution is -2.44. The average molecular weight is 346 g/mol. The van der Waals surface area contributed by atoms with Gasteiger partial charge in [-0.1, -0.05) is 23.2 Å². The molecule has 3 atom stereocenters. The van der Waals surface area contributed by atoms with Crippen molar-refractivity contribution in [2.24, 2.45) is 5.92 Å². The van der Waals surface area contributed by atoms with Crippen LogP contribution in [0.3, 0.4) is 0 Å². The number of carboxylic acid groups (broad SMARTS) is 1. The zero-order chi connectivity index (χ0) is 16.4. The number of carboxylic acids is 1. The van der Waals surface area contributed by atoms with Crippen LogP contribution in [0.2, 0.25) is 10.0 Å². The van der Waals surface area contributed by atoms with Gasteiger partial charge in [0.2, 0.25) is 0 Å². The molecule has 1 aromatic rings. The standard InChI is InChI=1S/C15H17Cl2NO4/c1-8-11(15(20)21)5-6-18(8)14(19)9(2)22-10-3-4-12(16)13(17)7-10/h3-4,7-9,11H,5-6H2,1-2H3,(H,20,21). The minimum absolute atomic E-state index is 0.234. The van der Waals surface area contributed by atoms with Crippen LogP contribution in [0.1, 0.15) is 20.3 Å². The van der Waals surface area contributed by atoms with Gasteiger partial charge >= 0.3 is 5.97 Å². The van der Waals surface area contributed by atoms with Crippen molar-refractivity contribution in [2.45, 2.75) is 32.4 Å². The number of benzene rings is 1. The number of carbonyl (C=O) groups is 2. The van der Waals surface area contributed by atoms with Crippen LogP contribution in [0, 0.1) is 5.92 Å². The topological polar surface area (TPSA) is 66.8 Å². The second-order valence-electron chi connectivity index (χ2n) is 5.34. The molecule has 0 saturated carbocycles. The molecule has 1 N–H and O–H groups in total. The number of carbonyl (C=O) groups excluding carboxylic acids is 1. The van der Waals surface area contributed by atoms with E-state index >= 15 is 0 Å². The number of likely N-dealkylation sites (tertiary alicyclic amines) is 1. The van der Waals surface area contributed by atoms with E-state index in [-0.39, 0.29) is 11.9 Å². The summed E-state index contributed by atoms with van der Waals surface area (Å²) in [6.45, 7) is 3.80. The number of ether oxygens (including phenoxy) is 1. The van der Waals surface area contributed by atoms with Gasteiger partial charge in [-0.05, 0) is 32.4 Å². The number of halogens is 2. The van der Waals surface area contributed by atoms with Crippen LogP contribution in [0.25, 0.3) is 0 Å². The Morgan fingerprint density at radius 3 is 2.59 bits per heavy atom. The van der Waals surface area contributed by atoms with Crippen LogP contribution in [0.4, 0.5) is 0 Å². The van der Waals surface area contributed by atoms with E-state index in [9.17, 15) is 9.59 Å². The summed E-state index contributed by atoms with van der Waals surface area (Å²) >= 11 is 11.7. The Morgan fingerprint density at radius 1 is 1.36 bits per heavy atom. The SMILES string of the molecule is CC(Oc1ccc(Cl)c(Cl)c1)C(=O)N1CCC(C(=O)O)C1C. The van der Waals surface area contributed by atoms with Crippen LogP contribution < -0.4 is 4.74 Å². The van der Waals surface area contributed by atoms with Crippen molar-refractivity contribution in [3.8, 4) is 5.75 Å². The lowest BCUT2D eigenvalue weighted by molar-refractivity contribution is -0.144. The van der Waals surface area contributed by atoms with Gasteiger partial charge in [0.25, 0.3) is 5.91 Å². The second-order valence-corrected chi connectivity index (χ2v) is 6.16. The summed E-state index contributed by atoms with van der Waals surface area (Å²) in [5, 5.41) is 9.87. The summed E-state index contributed by atoms with van der Waals surface area (Å²) in [7, 11) is 0. The van der Waals surface area contributed by atoms with E-state index in [1.807, 2.05) is 0 Å². The third-order valence-corrected chi connectivity index (χ3v) is 4.65. The Labute approximate surface area is 138 Å². The summed E-state index contributed by atoms with van der Waals surface area (Å²) in [5.41, 5.74) is 0. The van der Waals surface area contributed by atoms with Gasteiger partial charge in [-0.15, -0.1) is 0 Å². The molecular weight excluding hydrogens is 329 g/mol. The van der Waals surface area contributed by atoms with Crippen LogP contribution >= 0.6 is 23.2 Å². The Morgan fingerprint density at radius 2 is 2.05 bits per heavy atom. The van der Waals surface area contributed by atoms with Crippen molar-refractivity contribution >= 4 is 35.1 Å². The number of rotatable bonds is 4. The first-order valence-electron chi connectivity index (χ1n) is 6.96. The highest BCUT2D eigenvalue weighted by atomic mass is 35.5. The van der Waals surface area contributed by atoms with Crippen molar-refractivity contribution in [1.29, 1.82) is 0 Å². The van der Waals surface area contributed by atoms with Gasteiger partial charge in [0.05, 0.1) is 16.0 Å². The van der Waals surface area contributed by atoms with E-state index < -0.39 is 18.0 Å². The molecule has 1 amide bonds. The molecule has 0 aromatic heterocycles. The predicted octanol–water partition coefficient (Wildman–Crippen LogP) is 3.08. The van der Waals surface area contributed by atoms with E-state index in [1.165, 1.54) is 0 Å². The number of nitrogens with zero attached hydrogens (tertiary/aromatic N) is 1. The molecule has 1 aliphatic heterocycles. The minimum Gasteiger partial charge on any atom is -0.481 e. The van der Waals surface area contributed by atoms with E-state index in [4.69, 9.17) is 33.0 Å². The highest BCUT2D eigenvalue weighted by Crippen LogP contribution is 2.28. The van der Waals surface area contributed by atoms with Crippen LogP contribution in [-0.4, -0.2) is 40.6 Å². The molecule has 22 heavy (non-hydrogen) atoms. The van der Waals surface area contributed by atoms with Crippen molar-refractivity contribution in [1.82, 2.24) is 4.90 Å². The van der Waals surface area contributed by atoms with E-state index in [0.717, 1.165) is 0 Å². The number of hydrogen-bond acceptors (Lipinski definition) is 3. The molecule has 5 nitrogen and oxygen atoms in total. The van der Waals surface area contributed by atoms with E-state index in [0.29, 0.717) is 28.8 Å². The highest BCUT2D eigenvalue weighted by Gasteiger charge is 2.39. The molecule has 1 fully saturated rings. The Bertz CT molecular complexity index is 593. The first-order chi connectivity index (χ1) is 10.3. The zero-order valence-electron chi connectivity index (χ0n) is 12.3. The molecule has 120 valence electrons. The third kappa shape index (κ3) is 3.47. The lowest BCUT2D eigenvalue weighted by Gasteiger charge is -2.26. The fraction of sp³-hybridized carbons (Fsp3) is 0.467. The smallest absolute Gasteiger partial charge is 0.308 e. The van der Waals surface area contributed by atoms with Gasteiger partial charge in [-0.3, -0.25) is 9.59 Å². The first kappa shape index (κ1) is 16.9. The van der Waals surface area contributed by atoms with Gasteiger partial charge in [0.15, 0.2) is 6.10 Å². The van der Waals surface area contributed by atoms with Gasteiger partial charge in [0.1, 0.15) is 5.75 Å². The maximum absolute atomic E-state index is 12.4. The molecule has 1 heterocycles. The highest BCUT2D eigenvalue weighted by molar-refractivity contribution is 6.42. The predicted molar refractivity (Wildman–Crippen MR) is 83.5 cm³/mol. The van der Waals surface area contributed by atoms with Crippen LogP contribution in [0.15, 0.2) is 18.2 Å². The monoisotopic (exact) mass is 345 g/mol. The second kappa shape index (κ2) is 6.75. The third-order valence-electron chi connectivity index (χ3n) is 3.91. The molecule has 0 bridgehead atoms. The summed E-state index contributed by atoms with van der Waals surface area (Å²) in [5.74, 6) is -1.19. The molecule has 1 aliphatic rings. The summed E-state index contributed by atoms with van der Waals surface area (Å²) in [6.07, 6.45) is -0.269. The van der Waals surface area contributed by atoms with Crippen LogP contribution in [0.5, 0.6) is 5.75 Å². The average Bonchev–Trinajstić information content (AvgIpc) is 2.84. The molecule has 2 rings (SSSR count).